The summed E-state index contributed by atoms with van der Waals surface area (Å²) in [6.07, 6.45) is 0.968. The molecule has 1 aromatic heterocycles. The minimum absolute atomic E-state index is 0.0151. The van der Waals surface area contributed by atoms with Crippen LogP contribution in [0.5, 0.6) is 0 Å². The number of hydrogen-bond donors (Lipinski definition) is 2. The number of hydrogen-bond acceptors (Lipinski definition) is 2. The van der Waals surface area contributed by atoms with Gasteiger partial charge in [-0.15, -0.1) is 0 Å². The smallest absolute Gasteiger partial charge is 0.256 e. The lowest BCUT2D eigenvalue weighted by Gasteiger charge is -2.14. The van der Waals surface area contributed by atoms with Gasteiger partial charge in [0.2, 0.25) is 0 Å². The minimum atomic E-state index is -0.139. The van der Waals surface area contributed by atoms with Gasteiger partial charge in [0.1, 0.15) is 0 Å². The zero-order chi connectivity index (χ0) is 14.8. The molecule has 1 aromatic carbocycles. The third-order valence-corrected chi connectivity index (χ3v) is 3.25. The summed E-state index contributed by atoms with van der Waals surface area (Å²) < 4.78 is 0. The Hall–Kier alpha value is -2.10. The Balaban J connectivity index is 2.09. The summed E-state index contributed by atoms with van der Waals surface area (Å²) in [6, 6.07) is 9.50. The van der Waals surface area contributed by atoms with E-state index in [1.54, 1.807) is 0 Å². The van der Waals surface area contributed by atoms with Gasteiger partial charge < -0.3 is 5.32 Å². The van der Waals surface area contributed by atoms with Crippen molar-refractivity contribution in [2.24, 2.45) is 0 Å². The van der Waals surface area contributed by atoms with Gasteiger partial charge in [-0.2, -0.15) is 5.10 Å². The molecule has 0 spiro atoms. The number of carbonyl (C=O) groups excluding carboxylic acids is 1. The van der Waals surface area contributed by atoms with Crippen LogP contribution in [0.15, 0.2) is 30.3 Å². The SMILES string of the molecule is CCc1ccc(C(=O)Nc2cc(C(C)(C)C)[nH]n2)cc1. The minimum Gasteiger partial charge on any atom is -0.305 e. The van der Waals surface area contributed by atoms with E-state index in [2.05, 4.69) is 43.2 Å². The first kappa shape index (κ1) is 14.3. The second-order valence-electron chi connectivity index (χ2n) is 5.92. The molecule has 0 aliphatic rings. The molecule has 4 nitrogen and oxygen atoms in total. The predicted molar refractivity (Wildman–Crippen MR) is 81.1 cm³/mol. The molecule has 0 atom stereocenters. The summed E-state index contributed by atoms with van der Waals surface area (Å²) in [5, 5.41) is 9.89. The van der Waals surface area contributed by atoms with Crippen LogP contribution in [-0.4, -0.2) is 16.1 Å². The van der Waals surface area contributed by atoms with Crippen molar-refractivity contribution in [3.05, 3.63) is 47.2 Å². The first-order valence-electron chi connectivity index (χ1n) is 6.86. The van der Waals surface area contributed by atoms with Crippen LogP contribution >= 0.6 is 0 Å². The molecule has 1 amide bonds. The van der Waals surface area contributed by atoms with E-state index in [0.717, 1.165) is 12.1 Å². The van der Waals surface area contributed by atoms with Gasteiger partial charge in [-0.3, -0.25) is 9.89 Å². The zero-order valence-corrected chi connectivity index (χ0v) is 12.4. The number of rotatable bonds is 3. The van der Waals surface area contributed by atoms with Gasteiger partial charge in [-0.25, -0.2) is 0 Å². The average Bonchev–Trinajstić information content (AvgIpc) is 2.87. The molecule has 1 heterocycles. The summed E-state index contributed by atoms with van der Waals surface area (Å²) in [5.74, 6) is 0.416. The highest BCUT2D eigenvalue weighted by Gasteiger charge is 2.17. The molecule has 0 unspecified atom stereocenters. The van der Waals surface area contributed by atoms with E-state index < -0.39 is 0 Å². The first-order chi connectivity index (χ1) is 9.40. The largest absolute Gasteiger partial charge is 0.305 e. The van der Waals surface area contributed by atoms with Crippen molar-refractivity contribution in [1.82, 2.24) is 10.2 Å². The third kappa shape index (κ3) is 3.26. The number of amides is 1. The van der Waals surface area contributed by atoms with Crippen molar-refractivity contribution in [2.45, 2.75) is 39.5 Å². The number of aromatic amines is 1. The molecule has 0 aliphatic heterocycles. The van der Waals surface area contributed by atoms with E-state index in [9.17, 15) is 4.79 Å². The molecule has 106 valence electrons. The average molecular weight is 271 g/mol. The van der Waals surface area contributed by atoms with Crippen LogP contribution in [0.3, 0.4) is 0 Å². The van der Waals surface area contributed by atoms with E-state index >= 15 is 0 Å². The van der Waals surface area contributed by atoms with Crippen LogP contribution < -0.4 is 5.32 Å². The zero-order valence-electron chi connectivity index (χ0n) is 12.4. The van der Waals surface area contributed by atoms with Crippen LogP contribution in [0.2, 0.25) is 0 Å². The van der Waals surface area contributed by atoms with E-state index in [0.29, 0.717) is 11.4 Å². The molecule has 4 heteroatoms. The van der Waals surface area contributed by atoms with Gasteiger partial charge in [0.05, 0.1) is 0 Å². The number of carbonyl (C=O) groups is 1. The Labute approximate surface area is 119 Å². The number of H-pyrrole nitrogens is 1. The van der Waals surface area contributed by atoms with E-state index in [-0.39, 0.29) is 11.3 Å². The van der Waals surface area contributed by atoms with Gasteiger partial charge in [0.25, 0.3) is 5.91 Å². The maximum atomic E-state index is 12.1. The van der Waals surface area contributed by atoms with Gasteiger partial charge in [-0.05, 0) is 24.1 Å². The number of nitrogens with zero attached hydrogens (tertiary/aromatic N) is 1. The van der Waals surface area contributed by atoms with Gasteiger partial charge in [0.15, 0.2) is 5.82 Å². The quantitative estimate of drug-likeness (QED) is 0.897. The molecule has 0 aliphatic carbocycles. The summed E-state index contributed by atoms with van der Waals surface area (Å²) in [7, 11) is 0. The molecule has 0 saturated carbocycles. The highest BCUT2D eigenvalue weighted by molar-refractivity contribution is 6.03. The van der Waals surface area contributed by atoms with Crippen LogP contribution in [0, 0.1) is 0 Å². The number of aryl methyl sites for hydroxylation is 1. The van der Waals surface area contributed by atoms with Crippen molar-refractivity contribution in [2.75, 3.05) is 5.32 Å². The fraction of sp³-hybridized carbons (Fsp3) is 0.375. The second-order valence-corrected chi connectivity index (χ2v) is 5.92. The molecule has 0 radical (unpaired) electrons. The lowest BCUT2D eigenvalue weighted by molar-refractivity contribution is 0.102. The molecule has 20 heavy (non-hydrogen) atoms. The lowest BCUT2D eigenvalue weighted by atomic mass is 9.92. The number of aromatic nitrogens is 2. The molecule has 2 N–H and O–H groups in total. The molecule has 0 saturated heterocycles. The Bertz CT molecular complexity index is 591. The molecular weight excluding hydrogens is 250 g/mol. The number of anilines is 1. The summed E-state index contributed by atoms with van der Waals surface area (Å²) in [6.45, 7) is 8.37. The van der Waals surface area contributed by atoms with Gasteiger partial charge in [-0.1, -0.05) is 39.8 Å². The van der Waals surface area contributed by atoms with Crippen molar-refractivity contribution >= 4 is 11.7 Å². The van der Waals surface area contributed by atoms with E-state index in [4.69, 9.17) is 0 Å². The fourth-order valence-electron chi connectivity index (χ4n) is 1.85. The molecular formula is C16H21N3O. The molecule has 2 aromatic rings. The topological polar surface area (TPSA) is 57.8 Å². The monoisotopic (exact) mass is 271 g/mol. The summed E-state index contributed by atoms with van der Waals surface area (Å²) in [5.41, 5.74) is 2.84. The first-order valence-corrected chi connectivity index (χ1v) is 6.86. The maximum Gasteiger partial charge on any atom is 0.256 e. The maximum absolute atomic E-state index is 12.1. The van der Waals surface area contributed by atoms with Gasteiger partial charge >= 0.3 is 0 Å². The summed E-state index contributed by atoms with van der Waals surface area (Å²) in [4.78, 5) is 12.1. The molecule has 0 fully saturated rings. The normalized spacial score (nSPS) is 11.4. The Morgan fingerprint density at radius 1 is 1.25 bits per heavy atom. The van der Waals surface area contributed by atoms with Crippen molar-refractivity contribution in [3.8, 4) is 0 Å². The standard InChI is InChI=1S/C16H21N3O/c1-5-11-6-8-12(9-7-11)15(20)17-14-10-13(18-19-14)16(2,3)4/h6-10H,5H2,1-4H3,(H2,17,18,19,20). The Morgan fingerprint density at radius 3 is 2.40 bits per heavy atom. The van der Waals surface area contributed by atoms with Crippen LogP contribution in [0.4, 0.5) is 5.82 Å². The van der Waals surface area contributed by atoms with Crippen molar-refractivity contribution in [3.63, 3.8) is 0 Å². The number of nitrogens with one attached hydrogen (secondary N) is 2. The predicted octanol–water partition coefficient (Wildman–Crippen LogP) is 3.52. The highest BCUT2D eigenvalue weighted by atomic mass is 16.1. The van der Waals surface area contributed by atoms with E-state index in [1.807, 2.05) is 30.3 Å². The van der Waals surface area contributed by atoms with E-state index in [1.165, 1.54) is 5.56 Å². The highest BCUT2D eigenvalue weighted by Crippen LogP contribution is 2.22. The van der Waals surface area contributed by atoms with Crippen molar-refractivity contribution < 1.29 is 4.79 Å². The Kier molecular flexibility index (Phi) is 3.93. The number of benzene rings is 1. The van der Waals surface area contributed by atoms with Crippen LogP contribution in [0.25, 0.3) is 0 Å². The summed E-state index contributed by atoms with van der Waals surface area (Å²) >= 11 is 0. The molecule has 0 bridgehead atoms. The van der Waals surface area contributed by atoms with Crippen LogP contribution in [0.1, 0.15) is 49.3 Å². The second kappa shape index (κ2) is 5.49. The van der Waals surface area contributed by atoms with Gasteiger partial charge in [0, 0.05) is 22.7 Å². The molecule has 2 rings (SSSR count). The fourth-order valence-corrected chi connectivity index (χ4v) is 1.85. The Morgan fingerprint density at radius 2 is 1.90 bits per heavy atom. The third-order valence-electron chi connectivity index (χ3n) is 3.25. The van der Waals surface area contributed by atoms with Crippen LogP contribution in [-0.2, 0) is 11.8 Å². The lowest BCUT2D eigenvalue weighted by Crippen LogP contribution is -2.12. The van der Waals surface area contributed by atoms with Crippen molar-refractivity contribution in [1.29, 1.82) is 0 Å².